The molecule has 0 spiro atoms. The number of para-hydroxylation sites is 2. The van der Waals surface area contributed by atoms with Crippen molar-refractivity contribution in [3.63, 3.8) is 0 Å². The normalized spacial score (nSPS) is 14.0. The fourth-order valence-corrected chi connectivity index (χ4v) is 6.94. The zero-order chi connectivity index (χ0) is 39.5. The van der Waals surface area contributed by atoms with Crippen molar-refractivity contribution in [1.82, 2.24) is 4.98 Å². The Labute approximate surface area is 328 Å². The van der Waals surface area contributed by atoms with E-state index in [9.17, 15) is 0 Å². The maximum Gasteiger partial charge on any atom is 0.0730 e. The largest absolute Gasteiger partial charge is 0.355 e. The summed E-state index contributed by atoms with van der Waals surface area (Å²) < 4.78 is 0. The number of pyridine rings is 1. The molecule has 4 aromatic carbocycles. The molecule has 1 aliphatic rings. The Hall–Kier alpha value is -4.37. The topological polar surface area (TPSA) is 37.0 Å². The number of hydrogen-bond acceptors (Lipinski definition) is 3. The summed E-state index contributed by atoms with van der Waals surface area (Å²) in [6, 6.07) is 37.2. The van der Waals surface area contributed by atoms with Crippen molar-refractivity contribution in [2.45, 2.75) is 137 Å². The molecule has 1 heterocycles. The highest BCUT2D eigenvalue weighted by atomic mass is 14.9. The minimum Gasteiger partial charge on any atom is -0.355 e. The molecule has 286 valence electrons. The van der Waals surface area contributed by atoms with E-state index in [4.69, 9.17) is 4.98 Å². The number of nitrogens with zero attached hydrogens (tertiary/aromatic N) is 1. The van der Waals surface area contributed by atoms with Crippen LogP contribution in [0.4, 0.5) is 22.7 Å². The van der Waals surface area contributed by atoms with Crippen LogP contribution in [0.1, 0.15) is 138 Å². The van der Waals surface area contributed by atoms with Gasteiger partial charge in [0.25, 0.3) is 0 Å². The van der Waals surface area contributed by atoms with Crippen molar-refractivity contribution in [2.24, 2.45) is 5.92 Å². The predicted molar refractivity (Wildman–Crippen MR) is 237 cm³/mol. The van der Waals surface area contributed by atoms with Crippen molar-refractivity contribution in [2.75, 3.05) is 10.6 Å². The molecule has 0 saturated heterocycles. The fraction of sp³-hybridized carbons (Fsp3) is 0.431. The summed E-state index contributed by atoms with van der Waals surface area (Å²) in [5.41, 5.74) is 13.7. The molecule has 2 N–H and O–H groups in total. The molecule has 0 aliphatic heterocycles. The highest BCUT2D eigenvalue weighted by Gasteiger charge is 2.23. The standard InChI is InChI=1S/C45H55N3.C6H12/c1-42(2,3)30-24-31(43(4,5)6)27-34(26-30)46-38-20-15-13-18-36(38)40-22-17-23-41(48-40)37-19-14-16-21-39(37)47-35-28-32(44(7,8)9)25-33(29-35)45(10,11)12;1-6-4-2-3-5-6/h13-29,46-47H,1-12H3;6H,2-5H2,1H3. The van der Waals surface area contributed by atoms with Gasteiger partial charge in [0.1, 0.15) is 0 Å². The van der Waals surface area contributed by atoms with Gasteiger partial charge in [0.05, 0.1) is 11.4 Å². The van der Waals surface area contributed by atoms with E-state index in [1.54, 1.807) is 0 Å². The summed E-state index contributed by atoms with van der Waals surface area (Å²) in [5, 5.41) is 7.56. The Morgan fingerprint density at radius 2 is 0.778 bits per heavy atom. The van der Waals surface area contributed by atoms with Crippen molar-refractivity contribution in [3.05, 3.63) is 125 Å². The zero-order valence-electron chi connectivity index (χ0n) is 35.7. The van der Waals surface area contributed by atoms with Gasteiger partial charge in [-0.2, -0.15) is 0 Å². The molecule has 0 atom stereocenters. The van der Waals surface area contributed by atoms with Gasteiger partial charge in [-0.25, -0.2) is 4.98 Å². The second-order valence-corrected chi connectivity index (χ2v) is 19.7. The SMILES string of the molecule is CC(C)(C)c1cc(Nc2ccccc2-c2cccc(-c3ccccc3Nc3cc(C(C)(C)C)cc(C(C)(C)C)c3)n2)cc(C(C)(C)C)c1.CC1CCCC1. The van der Waals surface area contributed by atoms with E-state index in [-0.39, 0.29) is 21.7 Å². The Kier molecular flexibility index (Phi) is 12.2. The minimum atomic E-state index is 0.0386. The van der Waals surface area contributed by atoms with Gasteiger partial charge in [-0.15, -0.1) is 0 Å². The summed E-state index contributed by atoms with van der Waals surface area (Å²) in [6.45, 7) is 29.7. The Morgan fingerprint density at radius 1 is 0.444 bits per heavy atom. The van der Waals surface area contributed by atoms with E-state index < -0.39 is 0 Å². The molecule has 54 heavy (non-hydrogen) atoms. The van der Waals surface area contributed by atoms with Crippen molar-refractivity contribution in [1.29, 1.82) is 0 Å². The van der Waals surface area contributed by atoms with E-state index in [1.165, 1.54) is 47.9 Å². The lowest BCUT2D eigenvalue weighted by Crippen LogP contribution is -2.16. The van der Waals surface area contributed by atoms with Gasteiger partial charge < -0.3 is 10.6 Å². The number of benzene rings is 4. The molecule has 3 heteroatoms. The molecule has 1 fully saturated rings. The van der Waals surface area contributed by atoms with Crippen LogP contribution >= 0.6 is 0 Å². The fourth-order valence-electron chi connectivity index (χ4n) is 6.94. The summed E-state index contributed by atoms with van der Waals surface area (Å²) >= 11 is 0. The van der Waals surface area contributed by atoms with Gasteiger partial charge in [0, 0.05) is 33.9 Å². The summed E-state index contributed by atoms with van der Waals surface area (Å²) in [5.74, 6) is 1.05. The molecular formula is C51H67N3. The van der Waals surface area contributed by atoms with Gasteiger partial charge in [-0.3, -0.25) is 0 Å². The quantitative estimate of drug-likeness (QED) is 0.183. The van der Waals surface area contributed by atoms with Gasteiger partial charge in [0.15, 0.2) is 0 Å². The van der Waals surface area contributed by atoms with Crippen LogP contribution in [0, 0.1) is 5.92 Å². The van der Waals surface area contributed by atoms with Crippen molar-refractivity contribution >= 4 is 22.7 Å². The van der Waals surface area contributed by atoms with Gasteiger partial charge in [-0.05, 0) is 98.4 Å². The molecule has 6 rings (SSSR count). The molecule has 5 aromatic rings. The molecule has 1 saturated carbocycles. The second kappa shape index (κ2) is 16.2. The van der Waals surface area contributed by atoms with Crippen LogP contribution in [0.3, 0.4) is 0 Å². The van der Waals surface area contributed by atoms with Crippen molar-refractivity contribution < 1.29 is 0 Å². The molecular weight excluding hydrogens is 655 g/mol. The number of anilines is 4. The molecule has 0 amide bonds. The first-order valence-corrected chi connectivity index (χ1v) is 20.2. The van der Waals surface area contributed by atoms with Crippen LogP contribution in [0.5, 0.6) is 0 Å². The second-order valence-electron chi connectivity index (χ2n) is 19.7. The van der Waals surface area contributed by atoms with Gasteiger partial charge in [0.2, 0.25) is 0 Å². The molecule has 1 aliphatic carbocycles. The lowest BCUT2D eigenvalue weighted by molar-refractivity contribution is 0.568. The van der Waals surface area contributed by atoms with Gasteiger partial charge >= 0.3 is 0 Å². The zero-order valence-corrected chi connectivity index (χ0v) is 35.7. The maximum atomic E-state index is 5.27. The van der Waals surface area contributed by atoms with Gasteiger partial charge in [-0.1, -0.05) is 170 Å². The average molecular weight is 722 g/mol. The lowest BCUT2D eigenvalue weighted by atomic mass is 9.80. The first kappa shape index (κ1) is 40.8. The van der Waals surface area contributed by atoms with Crippen LogP contribution < -0.4 is 10.6 Å². The molecule has 1 aromatic heterocycles. The highest BCUT2D eigenvalue weighted by Crippen LogP contribution is 2.38. The smallest absolute Gasteiger partial charge is 0.0730 e. The maximum absolute atomic E-state index is 5.27. The van der Waals surface area contributed by atoms with Crippen LogP contribution in [0.25, 0.3) is 22.5 Å². The lowest BCUT2D eigenvalue weighted by Gasteiger charge is -2.27. The first-order chi connectivity index (χ1) is 25.2. The van der Waals surface area contributed by atoms with E-state index >= 15 is 0 Å². The highest BCUT2D eigenvalue weighted by molar-refractivity contribution is 5.83. The Bertz CT molecular complexity index is 1820. The van der Waals surface area contributed by atoms with Crippen LogP contribution in [-0.2, 0) is 21.7 Å². The number of aromatic nitrogens is 1. The Morgan fingerprint density at radius 3 is 1.07 bits per heavy atom. The third kappa shape index (κ3) is 10.6. The summed E-state index contributed by atoms with van der Waals surface area (Å²) in [7, 11) is 0. The number of rotatable bonds is 6. The molecule has 0 unspecified atom stereocenters. The molecule has 3 nitrogen and oxygen atoms in total. The predicted octanol–water partition coefficient (Wildman–Crippen LogP) is 15.3. The monoisotopic (exact) mass is 722 g/mol. The minimum absolute atomic E-state index is 0.0386. The van der Waals surface area contributed by atoms with Crippen LogP contribution in [0.15, 0.2) is 103 Å². The third-order valence-corrected chi connectivity index (χ3v) is 10.7. The van der Waals surface area contributed by atoms with E-state index in [0.29, 0.717) is 0 Å². The third-order valence-electron chi connectivity index (χ3n) is 10.7. The first-order valence-electron chi connectivity index (χ1n) is 20.2. The van der Waals surface area contributed by atoms with E-state index in [0.717, 1.165) is 51.2 Å². The van der Waals surface area contributed by atoms with E-state index in [2.05, 4.69) is 204 Å². The van der Waals surface area contributed by atoms with Crippen LogP contribution in [0.2, 0.25) is 0 Å². The van der Waals surface area contributed by atoms with Crippen LogP contribution in [-0.4, -0.2) is 4.98 Å². The summed E-state index contributed by atoms with van der Waals surface area (Å²) in [4.78, 5) is 5.27. The number of nitrogens with one attached hydrogen (secondary N) is 2. The Balaban J connectivity index is 0.000000850. The summed E-state index contributed by atoms with van der Waals surface area (Å²) in [6.07, 6.45) is 5.95. The van der Waals surface area contributed by atoms with Crippen molar-refractivity contribution in [3.8, 4) is 22.5 Å². The molecule has 0 bridgehead atoms. The van der Waals surface area contributed by atoms with E-state index in [1.807, 2.05) is 0 Å². The number of hydrogen-bond donors (Lipinski definition) is 2. The average Bonchev–Trinajstić information content (AvgIpc) is 3.58. The molecule has 0 radical (unpaired) electrons.